The molecule has 0 saturated heterocycles. The molecule has 0 amide bonds. The summed E-state index contributed by atoms with van der Waals surface area (Å²) >= 11 is 5.72. The highest BCUT2D eigenvalue weighted by atomic mass is 35.5. The molecule has 6 heteroatoms. The van der Waals surface area contributed by atoms with Crippen molar-refractivity contribution in [1.29, 1.82) is 0 Å². The highest BCUT2D eigenvalue weighted by Crippen LogP contribution is 2.13. The van der Waals surface area contributed by atoms with Crippen molar-refractivity contribution in [3.63, 3.8) is 0 Å². The third-order valence-corrected chi connectivity index (χ3v) is 2.30. The van der Waals surface area contributed by atoms with Gasteiger partial charge in [-0.05, 0) is 12.3 Å². The standard InChI is InChI=1S/C11H16ClN3O2/c1-7(2)4-8(11(16)17-3)14-10-6-13-5-9(12)15-10/h5-8H,4H2,1-3H3,(H,14,15). The zero-order valence-electron chi connectivity index (χ0n) is 10.1. The Bertz CT molecular complexity index is 385. The average molecular weight is 258 g/mol. The minimum absolute atomic E-state index is 0.281. The SMILES string of the molecule is COC(=O)C(CC(C)C)Nc1cncc(Cl)n1. The molecule has 0 aliphatic heterocycles. The van der Waals surface area contributed by atoms with Gasteiger partial charge in [0.15, 0.2) is 0 Å². The molecule has 1 atom stereocenters. The van der Waals surface area contributed by atoms with Gasteiger partial charge < -0.3 is 10.1 Å². The molecule has 0 fully saturated rings. The summed E-state index contributed by atoms with van der Waals surface area (Å²) in [5, 5.41) is 3.25. The number of hydrogen-bond acceptors (Lipinski definition) is 5. The first-order chi connectivity index (χ1) is 8.02. The van der Waals surface area contributed by atoms with E-state index in [-0.39, 0.29) is 11.1 Å². The Morgan fingerprint density at radius 1 is 1.53 bits per heavy atom. The van der Waals surface area contributed by atoms with Crippen LogP contribution in [0.2, 0.25) is 5.15 Å². The van der Waals surface area contributed by atoms with Crippen molar-refractivity contribution >= 4 is 23.4 Å². The molecule has 0 bridgehead atoms. The number of carbonyl (C=O) groups excluding carboxylic acids is 1. The van der Waals surface area contributed by atoms with Crippen LogP contribution in [0.1, 0.15) is 20.3 Å². The van der Waals surface area contributed by atoms with Crippen LogP contribution >= 0.6 is 11.6 Å². The highest BCUT2D eigenvalue weighted by molar-refractivity contribution is 6.29. The summed E-state index contributed by atoms with van der Waals surface area (Å²) in [6.45, 7) is 4.06. The van der Waals surface area contributed by atoms with Crippen LogP contribution in [0.25, 0.3) is 0 Å². The molecule has 1 unspecified atom stereocenters. The zero-order valence-corrected chi connectivity index (χ0v) is 10.9. The zero-order chi connectivity index (χ0) is 12.8. The maximum Gasteiger partial charge on any atom is 0.328 e. The molecule has 0 saturated carbocycles. The lowest BCUT2D eigenvalue weighted by Gasteiger charge is -2.18. The summed E-state index contributed by atoms with van der Waals surface area (Å²) in [5.74, 6) is 0.507. The molecule has 5 nitrogen and oxygen atoms in total. The number of anilines is 1. The van der Waals surface area contributed by atoms with Crippen LogP contribution in [0, 0.1) is 5.92 Å². The number of esters is 1. The van der Waals surface area contributed by atoms with Gasteiger partial charge in [0.2, 0.25) is 0 Å². The first kappa shape index (κ1) is 13.7. The van der Waals surface area contributed by atoms with Crippen molar-refractivity contribution in [1.82, 2.24) is 9.97 Å². The Hall–Kier alpha value is -1.36. The molecule has 1 aromatic rings. The molecule has 1 rings (SSSR count). The number of rotatable bonds is 5. The van der Waals surface area contributed by atoms with Gasteiger partial charge in [-0.1, -0.05) is 25.4 Å². The van der Waals surface area contributed by atoms with E-state index < -0.39 is 6.04 Å². The molecule has 0 aliphatic carbocycles. The van der Waals surface area contributed by atoms with Gasteiger partial charge in [-0.2, -0.15) is 0 Å². The van der Waals surface area contributed by atoms with Crippen LogP contribution in [-0.2, 0) is 9.53 Å². The van der Waals surface area contributed by atoms with E-state index >= 15 is 0 Å². The fraction of sp³-hybridized carbons (Fsp3) is 0.545. The Labute approximate surface area is 106 Å². The van der Waals surface area contributed by atoms with Gasteiger partial charge in [0, 0.05) is 0 Å². The molecule has 1 aromatic heterocycles. The lowest BCUT2D eigenvalue weighted by Crippen LogP contribution is -2.32. The van der Waals surface area contributed by atoms with Crippen molar-refractivity contribution in [3.8, 4) is 0 Å². The van der Waals surface area contributed by atoms with Crippen LogP contribution < -0.4 is 5.32 Å². The monoisotopic (exact) mass is 257 g/mol. The second-order valence-electron chi connectivity index (χ2n) is 4.08. The van der Waals surface area contributed by atoms with Gasteiger partial charge in [0.1, 0.15) is 17.0 Å². The van der Waals surface area contributed by atoms with Crippen LogP contribution in [-0.4, -0.2) is 29.1 Å². The van der Waals surface area contributed by atoms with Gasteiger partial charge >= 0.3 is 5.97 Å². The smallest absolute Gasteiger partial charge is 0.328 e. The predicted octanol–water partition coefficient (Wildman–Crippen LogP) is 2.13. The largest absolute Gasteiger partial charge is 0.467 e. The van der Waals surface area contributed by atoms with E-state index in [4.69, 9.17) is 16.3 Å². The quantitative estimate of drug-likeness (QED) is 0.819. The number of ether oxygens (including phenoxy) is 1. The molecule has 0 aliphatic rings. The lowest BCUT2D eigenvalue weighted by molar-refractivity contribution is -0.141. The van der Waals surface area contributed by atoms with E-state index in [9.17, 15) is 4.79 Å². The minimum Gasteiger partial charge on any atom is -0.467 e. The van der Waals surface area contributed by atoms with E-state index in [1.54, 1.807) is 0 Å². The molecule has 1 N–H and O–H groups in total. The highest BCUT2D eigenvalue weighted by Gasteiger charge is 2.20. The van der Waals surface area contributed by atoms with E-state index in [0.29, 0.717) is 18.2 Å². The Morgan fingerprint density at radius 2 is 2.24 bits per heavy atom. The second kappa shape index (κ2) is 6.39. The Balaban J connectivity index is 2.75. The third kappa shape index (κ3) is 4.56. The number of halogens is 1. The molecule has 0 radical (unpaired) electrons. The van der Waals surface area contributed by atoms with Crippen molar-refractivity contribution in [2.45, 2.75) is 26.3 Å². The van der Waals surface area contributed by atoms with Crippen LogP contribution in [0.3, 0.4) is 0 Å². The van der Waals surface area contributed by atoms with E-state index in [1.807, 2.05) is 13.8 Å². The summed E-state index contributed by atoms with van der Waals surface area (Å²) < 4.78 is 4.73. The average Bonchev–Trinajstić information content (AvgIpc) is 2.26. The molecule has 94 valence electrons. The van der Waals surface area contributed by atoms with Crippen molar-refractivity contribution in [2.75, 3.05) is 12.4 Å². The summed E-state index contributed by atoms with van der Waals surface area (Å²) in [7, 11) is 1.36. The summed E-state index contributed by atoms with van der Waals surface area (Å²) in [6.07, 6.45) is 3.60. The normalized spacial score (nSPS) is 12.3. The number of nitrogens with one attached hydrogen (secondary N) is 1. The Morgan fingerprint density at radius 3 is 2.76 bits per heavy atom. The van der Waals surface area contributed by atoms with E-state index in [1.165, 1.54) is 19.5 Å². The van der Waals surface area contributed by atoms with Crippen LogP contribution in [0.15, 0.2) is 12.4 Å². The second-order valence-corrected chi connectivity index (χ2v) is 4.46. The topological polar surface area (TPSA) is 64.1 Å². The summed E-state index contributed by atoms with van der Waals surface area (Å²) in [5.41, 5.74) is 0. The molecular formula is C11H16ClN3O2. The number of nitrogens with zero attached hydrogens (tertiary/aromatic N) is 2. The maximum absolute atomic E-state index is 11.6. The number of carbonyl (C=O) groups is 1. The maximum atomic E-state index is 11.6. The lowest BCUT2D eigenvalue weighted by atomic mass is 10.0. The number of methoxy groups -OCH3 is 1. The Kier molecular flexibility index (Phi) is 5.15. The van der Waals surface area contributed by atoms with Crippen LogP contribution in [0.4, 0.5) is 5.82 Å². The number of hydrogen-bond donors (Lipinski definition) is 1. The molecule has 1 heterocycles. The third-order valence-electron chi connectivity index (χ3n) is 2.12. The van der Waals surface area contributed by atoms with Gasteiger partial charge in [-0.3, -0.25) is 4.98 Å². The van der Waals surface area contributed by atoms with Crippen molar-refractivity contribution < 1.29 is 9.53 Å². The minimum atomic E-state index is -0.437. The molecule has 17 heavy (non-hydrogen) atoms. The molecule has 0 aromatic carbocycles. The predicted molar refractivity (Wildman–Crippen MR) is 65.9 cm³/mol. The van der Waals surface area contributed by atoms with E-state index in [0.717, 1.165) is 0 Å². The summed E-state index contributed by atoms with van der Waals surface area (Å²) in [6, 6.07) is -0.437. The molecular weight excluding hydrogens is 242 g/mol. The fourth-order valence-corrected chi connectivity index (χ4v) is 1.57. The number of aromatic nitrogens is 2. The first-order valence-corrected chi connectivity index (χ1v) is 5.72. The van der Waals surface area contributed by atoms with Crippen molar-refractivity contribution in [2.24, 2.45) is 5.92 Å². The summed E-state index contributed by atoms with van der Waals surface area (Å²) in [4.78, 5) is 19.5. The van der Waals surface area contributed by atoms with Crippen LogP contribution in [0.5, 0.6) is 0 Å². The first-order valence-electron chi connectivity index (χ1n) is 5.34. The van der Waals surface area contributed by atoms with E-state index in [2.05, 4.69) is 15.3 Å². The van der Waals surface area contributed by atoms with Crippen molar-refractivity contribution in [3.05, 3.63) is 17.5 Å². The van der Waals surface area contributed by atoms with Gasteiger partial charge in [0.05, 0.1) is 19.5 Å². The molecule has 0 spiro atoms. The van der Waals surface area contributed by atoms with Gasteiger partial charge in [-0.15, -0.1) is 0 Å². The van der Waals surface area contributed by atoms with Gasteiger partial charge in [-0.25, -0.2) is 9.78 Å². The fourth-order valence-electron chi connectivity index (χ4n) is 1.42. The van der Waals surface area contributed by atoms with Gasteiger partial charge in [0.25, 0.3) is 0 Å².